The first-order valence-corrected chi connectivity index (χ1v) is 9.22. The van der Waals surface area contributed by atoms with E-state index < -0.39 is 10.2 Å². The van der Waals surface area contributed by atoms with Crippen molar-refractivity contribution in [1.82, 2.24) is 19.2 Å². The summed E-state index contributed by atoms with van der Waals surface area (Å²) in [5.74, 6) is -0.185. The van der Waals surface area contributed by atoms with Crippen molar-refractivity contribution in [3.8, 4) is 0 Å². The second kappa shape index (κ2) is 8.13. The van der Waals surface area contributed by atoms with Crippen LogP contribution in [0.15, 0.2) is 43.0 Å². The minimum absolute atomic E-state index is 0.185. The molecule has 2 rings (SSSR count). The summed E-state index contributed by atoms with van der Waals surface area (Å²) < 4.78 is 28.4. The fourth-order valence-corrected chi connectivity index (χ4v) is 3.06. The lowest BCUT2D eigenvalue weighted by atomic mass is 10.2. The number of amides is 1. The molecular weight excluding hydrogens is 342 g/mol. The maximum absolute atomic E-state index is 12.1. The van der Waals surface area contributed by atoms with Gasteiger partial charge in [-0.1, -0.05) is 0 Å². The highest BCUT2D eigenvalue weighted by molar-refractivity contribution is 7.90. The largest absolute Gasteiger partial charge is 0.352 e. The molecule has 0 atom stereocenters. The summed E-state index contributed by atoms with van der Waals surface area (Å²) >= 11 is 0. The van der Waals surface area contributed by atoms with Gasteiger partial charge >= 0.3 is 10.2 Å². The first-order chi connectivity index (χ1) is 11.8. The van der Waals surface area contributed by atoms with E-state index in [1.807, 2.05) is 10.8 Å². The molecular formula is C16H23N5O3S. The van der Waals surface area contributed by atoms with E-state index in [-0.39, 0.29) is 5.91 Å². The number of benzene rings is 1. The Bertz CT molecular complexity index is 786. The van der Waals surface area contributed by atoms with Crippen LogP contribution in [-0.2, 0) is 16.8 Å². The van der Waals surface area contributed by atoms with E-state index in [1.165, 1.54) is 25.4 Å². The molecule has 1 aromatic heterocycles. The number of nitrogens with one attached hydrogen (secondary N) is 1. The molecule has 1 aromatic carbocycles. The number of rotatable bonds is 8. The van der Waals surface area contributed by atoms with Gasteiger partial charge in [-0.2, -0.15) is 12.7 Å². The van der Waals surface area contributed by atoms with Gasteiger partial charge in [0, 0.05) is 52.2 Å². The number of hydrogen-bond donors (Lipinski definition) is 1. The Hall–Kier alpha value is -2.39. The highest BCUT2D eigenvalue weighted by Gasteiger charge is 2.20. The molecule has 0 unspecified atom stereocenters. The van der Waals surface area contributed by atoms with E-state index in [9.17, 15) is 13.2 Å². The zero-order chi connectivity index (χ0) is 18.4. The number of nitrogens with zero attached hydrogens (tertiary/aromatic N) is 4. The smallest absolute Gasteiger partial charge is 0.303 e. The van der Waals surface area contributed by atoms with Gasteiger partial charge in [0.05, 0.1) is 12.0 Å². The Balaban J connectivity index is 1.89. The molecule has 1 heterocycles. The number of aryl methyl sites for hydroxylation is 1. The fraction of sp³-hybridized carbons (Fsp3) is 0.375. The summed E-state index contributed by atoms with van der Waals surface area (Å²) in [5, 5.41) is 2.85. The van der Waals surface area contributed by atoms with Crippen LogP contribution in [0.2, 0.25) is 0 Å². The number of aromatic nitrogens is 2. The minimum atomic E-state index is -3.54. The number of hydrogen-bond acceptors (Lipinski definition) is 4. The Labute approximate surface area is 148 Å². The van der Waals surface area contributed by atoms with Crippen LogP contribution in [0, 0.1) is 0 Å². The van der Waals surface area contributed by atoms with Crippen LogP contribution >= 0.6 is 0 Å². The van der Waals surface area contributed by atoms with Crippen molar-refractivity contribution in [3.05, 3.63) is 48.5 Å². The average molecular weight is 365 g/mol. The van der Waals surface area contributed by atoms with E-state index in [0.717, 1.165) is 17.3 Å². The molecule has 0 bridgehead atoms. The summed E-state index contributed by atoms with van der Waals surface area (Å²) in [6.45, 7) is 1.33. The van der Waals surface area contributed by atoms with Crippen molar-refractivity contribution in [2.45, 2.75) is 13.0 Å². The van der Waals surface area contributed by atoms with E-state index in [0.29, 0.717) is 17.8 Å². The standard InChI is InChI=1S/C16H23N5O3S/c1-19(2)25(23,24)20(3)15-7-5-14(6-8-15)16(22)18-9-4-11-21-12-10-17-13-21/h5-8,10,12-13H,4,9,11H2,1-3H3,(H,18,22). The number of imidazole rings is 1. The molecule has 1 amide bonds. The SMILES string of the molecule is CN(C)S(=O)(=O)N(C)c1ccc(C(=O)NCCCn2ccnc2)cc1. The molecule has 0 aliphatic heterocycles. The van der Waals surface area contributed by atoms with Gasteiger partial charge in [-0.15, -0.1) is 0 Å². The van der Waals surface area contributed by atoms with Gasteiger partial charge < -0.3 is 9.88 Å². The topological polar surface area (TPSA) is 87.5 Å². The van der Waals surface area contributed by atoms with Crippen molar-refractivity contribution in [3.63, 3.8) is 0 Å². The first kappa shape index (κ1) is 18.9. The molecule has 25 heavy (non-hydrogen) atoms. The Kier molecular flexibility index (Phi) is 6.16. The lowest BCUT2D eigenvalue weighted by Crippen LogP contribution is -2.37. The third-order valence-corrected chi connectivity index (χ3v) is 5.56. The summed E-state index contributed by atoms with van der Waals surface area (Å²) in [7, 11) is 0.869. The Morgan fingerprint density at radius 3 is 2.44 bits per heavy atom. The number of carbonyl (C=O) groups is 1. The zero-order valence-corrected chi connectivity index (χ0v) is 15.4. The molecule has 2 aromatic rings. The molecule has 0 saturated carbocycles. The lowest BCUT2D eigenvalue weighted by Gasteiger charge is -2.23. The number of carbonyl (C=O) groups excluding carboxylic acids is 1. The van der Waals surface area contributed by atoms with Crippen molar-refractivity contribution in [2.24, 2.45) is 0 Å². The van der Waals surface area contributed by atoms with E-state index in [4.69, 9.17) is 0 Å². The third-order valence-electron chi connectivity index (χ3n) is 3.74. The predicted molar refractivity (Wildman–Crippen MR) is 96.6 cm³/mol. The fourth-order valence-electron chi connectivity index (χ4n) is 2.19. The van der Waals surface area contributed by atoms with Gasteiger partial charge in [0.2, 0.25) is 0 Å². The monoisotopic (exact) mass is 365 g/mol. The molecule has 0 spiro atoms. The van der Waals surface area contributed by atoms with Crippen LogP contribution in [0.4, 0.5) is 5.69 Å². The van der Waals surface area contributed by atoms with Gasteiger partial charge in [0.1, 0.15) is 0 Å². The Morgan fingerprint density at radius 2 is 1.88 bits per heavy atom. The van der Waals surface area contributed by atoms with Crippen LogP contribution < -0.4 is 9.62 Å². The van der Waals surface area contributed by atoms with E-state index >= 15 is 0 Å². The summed E-state index contributed by atoms with van der Waals surface area (Å²) in [5.41, 5.74) is 0.979. The number of anilines is 1. The Morgan fingerprint density at radius 1 is 1.20 bits per heavy atom. The summed E-state index contributed by atoms with van der Waals surface area (Å²) in [4.78, 5) is 16.1. The van der Waals surface area contributed by atoms with E-state index in [2.05, 4.69) is 10.3 Å². The summed E-state index contributed by atoms with van der Waals surface area (Å²) in [6, 6.07) is 6.45. The highest BCUT2D eigenvalue weighted by atomic mass is 32.2. The normalized spacial score (nSPS) is 11.5. The first-order valence-electron chi connectivity index (χ1n) is 7.83. The average Bonchev–Trinajstić information content (AvgIpc) is 3.11. The van der Waals surface area contributed by atoms with Crippen LogP contribution in [0.25, 0.3) is 0 Å². The van der Waals surface area contributed by atoms with Crippen LogP contribution in [-0.4, -0.2) is 55.9 Å². The van der Waals surface area contributed by atoms with Crippen molar-refractivity contribution >= 4 is 21.8 Å². The van der Waals surface area contributed by atoms with Crippen LogP contribution in [0.3, 0.4) is 0 Å². The zero-order valence-electron chi connectivity index (χ0n) is 14.6. The maximum Gasteiger partial charge on any atom is 0.303 e. The quantitative estimate of drug-likeness (QED) is 0.706. The molecule has 1 N–H and O–H groups in total. The van der Waals surface area contributed by atoms with Gasteiger partial charge in [-0.25, -0.2) is 4.98 Å². The van der Waals surface area contributed by atoms with Gasteiger partial charge in [0.15, 0.2) is 0 Å². The molecule has 9 heteroatoms. The lowest BCUT2D eigenvalue weighted by molar-refractivity contribution is 0.0952. The van der Waals surface area contributed by atoms with Gasteiger partial charge in [0.25, 0.3) is 5.91 Å². The second-order valence-electron chi connectivity index (χ2n) is 5.71. The van der Waals surface area contributed by atoms with Gasteiger partial charge in [-0.3, -0.25) is 9.10 Å². The van der Waals surface area contributed by atoms with Crippen molar-refractivity contribution in [1.29, 1.82) is 0 Å². The van der Waals surface area contributed by atoms with Crippen molar-refractivity contribution < 1.29 is 13.2 Å². The maximum atomic E-state index is 12.1. The molecule has 0 fully saturated rings. The molecule has 0 saturated heterocycles. The molecule has 0 aliphatic carbocycles. The van der Waals surface area contributed by atoms with Crippen LogP contribution in [0.5, 0.6) is 0 Å². The highest BCUT2D eigenvalue weighted by Crippen LogP contribution is 2.18. The minimum Gasteiger partial charge on any atom is -0.352 e. The molecule has 8 nitrogen and oxygen atoms in total. The summed E-state index contributed by atoms with van der Waals surface area (Å²) in [6.07, 6.45) is 6.12. The van der Waals surface area contributed by atoms with Crippen molar-refractivity contribution in [2.75, 3.05) is 32.0 Å². The molecule has 0 radical (unpaired) electrons. The third kappa shape index (κ3) is 4.80. The molecule has 0 aliphatic rings. The molecule has 136 valence electrons. The second-order valence-corrected chi connectivity index (χ2v) is 7.89. The van der Waals surface area contributed by atoms with Gasteiger partial charge in [-0.05, 0) is 30.7 Å². The van der Waals surface area contributed by atoms with E-state index in [1.54, 1.807) is 36.8 Å². The van der Waals surface area contributed by atoms with Crippen LogP contribution in [0.1, 0.15) is 16.8 Å². The predicted octanol–water partition coefficient (Wildman–Crippen LogP) is 0.946.